The van der Waals surface area contributed by atoms with E-state index in [9.17, 15) is 0 Å². The van der Waals surface area contributed by atoms with Gasteiger partial charge in [0, 0.05) is 51.4 Å². The van der Waals surface area contributed by atoms with Gasteiger partial charge in [-0.15, -0.1) is 0 Å². The fraction of sp³-hybridized carbons (Fsp3) is 1.00. The number of nitrogens with one attached hydrogen (secondary N) is 1. The Bertz CT molecular complexity index is 391. The zero-order chi connectivity index (χ0) is 15.1. The molecule has 4 saturated heterocycles. The van der Waals surface area contributed by atoms with Gasteiger partial charge in [-0.3, -0.25) is 4.90 Å². The van der Waals surface area contributed by atoms with Gasteiger partial charge >= 0.3 is 0 Å². The van der Waals surface area contributed by atoms with E-state index in [1.165, 1.54) is 58.4 Å². The molecule has 126 valence electrons. The molecule has 1 N–H and O–H groups in total. The number of hydrogen-bond acceptors (Lipinski definition) is 4. The molecule has 4 aliphatic rings. The highest BCUT2D eigenvalue weighted by atomic mass is 16.5. The van der Waals surface area contributed by atoms with Gasteiger partial charge in [-0.05, 0) is 57.4 Å². The minimum Gasteiger partial charge on any atom is -0.377 e. The first-order chi connectivity index (χ1) is 10.7. The lowest BCUT2D eigenvalue weighted by Crippen LogP contribution is -2.61. The first kappa shape index (κ1) is 15.4. The largest absolute Gasteiger partial charge is 0.377 e. The van der Waals surface area contributed by atoms with Crippen molar-refractivity contribution in [3.63, 3.8) is 0 Å². The lowest BCUT2D eigenvalue weighted by molar-refractivity contribution is -0.0479. The molecule has 4 fully saturated rings. The van der Waals surface area contributed by atoms with E-state index < -0.39 is 0 Å². The third-order valence-corrected chi connectivity index (χ3v) is 6.35. The van der Waals surface area contributed by atoms with Crippen molar-refractivity contribution in [2.45, 2.75) is 50.8 Å². The van der Waals surface area contributed by atoms with E-state index in [1.807, 2.05) is 0 Å². The van der Waals surface area contributed by atoms with Gasteiger partial charge in [0.1, 0.15) is 0 Å². The molecule has 0 saturated carbocycles. The Hall–Kier alpha value is -0.160. The number of ether oxygens (including phenoxy) is 1. The minimum atomic E-state index is 0.444. The third-order valence-electron chi connectivity index (χ3n) is 6.35. The standard InChI is InChI=1S/C18H33N3O/c1-13-8-21-11-16-6-15(9-20(2)10-16)5-14-3-4-22-18(7-14)17(12-21)19-13/h13-19H,3-12H2,1-2H3. The van der Waals surface area contributed by atoms with E-state index in [2.05, 4.69) is 29.1 Å². The molecular formula is C18H33N3O. The van der Waals surface area contributed by atoms with E-state index in [1.54, 1.807) is 0 Å². The Morgan fingerprint density at radius 3 is 2.64 bits per heavy atom. The maximum atomic E-state index is 6.19. The average Bonchev–Trinajstić information content (AvgIpc) is 2.46. The van der Waals surface area contributed by atoms with Crippen molar-refractivity contribution >= 4 is 0 Å². The first-order valence-corrected chi connectivity index (χ1v) is 9.44. The van der Waals surface area contributed by atoms with Gasteiger partial charge in [-0.2, -0.15) is 0 Å². The zero-order valence-electron chi connectivity index (χ0n) is 14.3. The summed E-state index contributed by atoms with van der Waals surface area (Å²) in [5.74, 6) is 2.67. The van der Waals surface area contributed by atoms with Gasteiger partial charge in [0.25, 0.3) is 0 Å². The summed E-state index contributed by atoms with van der Waals surface area (Å²) < 4.78 is 6.19. The topological polar surface area (TPSA) is 27.7 Å². The summed E-state index contributed by atoms with van der Waals surface area (Å²) in [7, 11) is 2.33. The molecule has 4 heterocycles. The van der Waals surface area contributed by atoms with Crippen molar-refractivity contribution in [1.29, 1.82) is 0 Å². The molecule has 0 aromatic carbocycles. The molecule has 4 nitrogen and oxygen atoms in total. The van der Waals surface area contributed by atoms with Gasteiger partial charge < -0.3 is 15.0 Å². The van der Waals surface area contributed by atoms with Crippen LogP contribution in [0.15, 0.2) is 0 Å². The van der Waals surface area contributed by atoms with E-state index in [0.717, 1.165) is 24.4 Å². The van der Waals surface area contributed by atoms with Crippen molar-refractivity contribution in [2.24, 2.45) is 17.8 Å². The summed E-state index contributed by atoms with van der Waals surface area (Å²) in [5, 5.41) is 3.83. The molecule has 0 aromatic heterocycles. The highest BCUT2D eigenvalue weighted by Crippen LogP contribution is 2.34. The lowest BCUT2D eigenvalue weighted by Gasteiger charge is -2.43. The molecule has 4 heteroatoms. The van der Waals surface area contributed by atoms with Crippen LogP contribution in [0.2, 0.25) is 0 Å². The molecule has 7 atom stereocenters. The highest BCUT2D eigenvalue weighted by Gasteiger charge is 2.38. The molecular weight excluding hydrogens is 274 g/mol. The van der Waals surface area contributed by atoms with Gasteiger partial charge in [0.15, 0.2) is 0 Å². The van der Waals surface area contributed by atoms with Crippen molar-refractivity contribution in [3.8, 4) is 0 Å². The predicted octanol–water partition coefficient (Wildman–Crippen LogP) is 1.42. The van der Waals surface area contributed by atoms with Crippen molar-refractivity contribution in [1.82, 2.24) is 15.1 Å². The Kier molecular flexibility index (Phi) is 4.46. The normalized spacial score (nSPS) is 50.2. The van der Waals surface area contributed by atoms with E-state index in [-0.39, 0.29) is 0 Å². The molecule has 0 amide bonds. The Morgan fingerprint density at radius 1 is 0.909 bits per heavy atom. The minimum absolute atomic E-state index is 0.444. The molecule has 0 radical (unpaired) electrons. The fourth-order valence-corrected chi connectivity index (χ4v) is 5.70. The summed E-state index contributed by atoms with van der Waals surface area (Å²) in [6.07, 6.45) is 5.90. The van der Waals surface area contributed by atoms with Crippen molar-refractivity contribution in [2.75, 3.05) is 46.4 Å². The van der Waals surface area contributed by atoms with Gasteiger partial charge in [0.2, 0.25) is 0 Å². The summed E-state index contributed by atoms with van der Waals surface area (Å²) in [6, 6.07) is 1.14. The number of hydrogen-bond donors (Lipinski definition) is 1. The molecule has 4 rings (SSSR count). The van der Waals surface area contributed by atoms with Crippen LogP contribution in [0.25, 0.3) is 0 Å². The molecule has 22 heavy (non-hydrogen) atoms. The van der Waals surface area contributed by atoms with Crippen LogP contribution in [-0.2, 0) is 4.74 Å². The van der Waals surface area contributed by atoms with E-state index in [4.69, 9.17) is 4.74 Å². The van der Waals surface area contributed by atoms with Crippen molar-refractivity contribution in [3.05, 3.63) is 0 Å². The second kappa shape index (κ2) is 6.39. The zero-order valence-corrected chi connectivity index (χ0v) is 14.3. The summed E-state index contributed by atoms with van der Waals surface area (Å²) in [4.78, 5) is 5.32. The van der Waals surface area contributed by atoms with Crippen LogP contribution in [-0.4, -0.2) is 74.4 Å². The number of piperidine rings is 1. The third kappa shape index (κ3) is 3.35. The smallest absolute Gasteiger partial charge is 0.0743 e. The van der Waals surface area contributed by atoms with Crippen LogP contribution in [0.3, 0.4) is 0 Å². The van der Waals surface area contributed by atoms with Crippen LogP contribution in [0.4, 0.5) is 0 Å². The predicted molar refractivity (Wildman–Crippen MR) is 89.0 cm³/mol. The van der Waals surface area contributed by atoms with E-state index in [0.29, 0.717) is 18.2 Å². The number of fused-ring (bicyclic) bond motifs is 7. The molecule has 7 unspecified atom stereocenters. The van der Waals surface area contributed by atoms with Gasteiger partial charge in [-0.1, -0.05) is 0 Å². The summed E-state index contributed by atoms with van der Waals surface area (Å²) >= 11 is 0. The average molecular weight is 307 g/mol. The maximum Gasteiger partial charge on any atom is 0.0743 e. The van der Waals surface area contributed by atoms with Crippen LogP contribution in [0, 0.1) is 17.8 Å². The molecule has 4 aliphatic heterocycles. The molecule has 0 spiro atoms. The number of piperazine rings is 1. The van der Waals surface area contributed by atoms with Crippen LogP contribution in [0.1, 0.15) is 32.6 Å². The summed E-state index contributed by atoms with van der Waals surface area (Å²) in [5.41, 5.74) is 0. The monoisotopic (exact) mass is 307 g/mol. The Morgan fingerprint density at radius 2 is 1.73 bits per heavy atom. The van der Waals surface area contributed by atoms with Crippen molar-refractivity contribution < 1.29 is 4.74 Å². The first-order valence-electron chi connectivity index (χ1n) is 9.44. The lowest BCUT2D eigenvalue weighted by atomic mass is 9.80. The molecule has 0 aromatic rings. The molecule has 0 aliphatic carbocycles. The number of likely N-dealkylation sites (tertiary alicyclic amines) is 1. The quantitative estimate of drug-likeness (QED) is 0.732. The number of rotatable bonds is 0. The SMILES string of the molecule is CC1CN2CC3CC(CC4CCOC(C4)C(C2)N1)CN(C)C3. The Balaban J connectivity index is 1.56. The Labute approximate surface area is 135 Å². The van der Waals surface area contributed by atoms with E-state index >= 15 is 0 Å². The van der Waals surface area contributed by atoms with Crippen LogP contribution in [0.5, 0.6) is 0 Å². The van der Waals surface area contributed by atoms with Gasteiger partial charge in [0.05, 0.1) is 6.10 Å². The highest BCUT2D eigenvalue weighted by molar-refractivity contribution is 4.94. The van der Waals surface area contributed by atoms with Crippen LogP contribution < -0.4 is 5.32 Å². The fourth-order valence-electron chi connectivity index (χ4n) is 5.70. The second-order valence-corrected chi connectivity index (χ2v) is 8.62. The molecule has 6 bridgehead atoms. The van der Waals surface area contributed by atoms with Gasteiger partial charge in [-0.25, -0.2) is 0 Å². The number of nitrogens with zero attached hydrogens (tertiary/aromatic N) is 2. The maximum absolute atomic E-state index is 6.19. The second-order valence-electron chi connectivity index (χ2n) is 8.62. The summed E-state index contributed by atoms with van der Waals surface area (Å²) in [6.45, 7) is 9.62. The van der Waals surface area contributed by atoms with Crippen LogP contribution >= 0.6 is 0 Å².